The fourth-order valence-corrected chi connectivity index (χ4v) is 1.32. The van der Waals surface area contributed by atoms with Gasteiger partial charge < -0.3 is 10.6 Å². The molecule has 0 heterocycles. The number of nitrogens with two attached hydrogens (primary N) is 1. The summed E-state index contributed by atoms with van der Waals surface area (Å²) in [5.74, 6) is 5.70. The van der Waals surface area contributed by atoms with Gasteiger partial charge in [-0.25, -0.2) is 0 Å². The van der Waals surface area contributed by atoms with Crippen LogP contribution in [0, 0.1) is 5.41 Å². The molecule has 3 nitrogen and oxygen atoms in total. The van der Waals surface area contributed by atoms with Crippen molar-refractivity contribution in [2.45, 2.75) is 40.5 Å². The third kappa shape index (κ3) is 5.59. The molecular formula is C13H24N2O. The lowest BCUT2D eigenvalue weighted by Gasteiger charge is -2.20. The van der Waals surface area contributed by atoms with Crippen LogP contribution in [0.1, 0.15) is 40.5 Å². The van der Waals surface area contributed by atoms with Gasteiger partial charge in [-0.1, -0.05) is 45.9 Å². The summed E-state index contributed by atoms with van der Waals surface area (Å²) in [5, 5.41) is 3.54. The normalized spacial score (nSPS) is 14.6. The summed E-state index contributed by atoms with van der Waals surface area (Å²) >= 11 is 0. The van der Waals surface area contributed by atoms with E-state index in [1.165, 1.54) is 5.57 Å². The van der Waals surface area contributed by atoms with Crippen molar-refractivity contribution in [1.82, 2.24) is 0 Å². The minimum atomic E-state index is 0.166. The highest BCUT2D eigenvalue weighted by Gasteiger charge is 2.13. The van der Waals surface area contributed by atoms with E-state index < -0.39 is 0 Å². The predicted molar refractivity (Wildman–Crippen MR) is 70.2 cm³/mol. The van der Waals surface area contributed by atoms with E-state index in [2.05, 4.69) is 44.9 Å². The standard InChI is InChI=1S/C13H24N2O/c1-6-8-11(13(2,3)4)9-7-10-12(15-14)16-5/h7-9H,6,10,14H2,1-5H3/b9-7-,11-8+,15-12-. The first-order valence-corrected chi connectivity index (χ1v) is 5.63. The molecule has 0 unspecified atom stereocenters. The number of hydrogen-bond donors (Lipinski definition) is 1. The summed E-state index contributed by atoms with van der Waals surface area (Å²) in [6, 6.07) is 0. The van der Waals surface area contributed by atoms with Crippen LogP contribution in [0.3, 0.4) is 0 Å². The summed E-state index contributed by atoms with van der Waals surface area (Å²) in [4.78, 5) is 0. The Labute approximate surface area is 99.1 Å². The molecule has 0 saturated carbocycles. The van der Waals surface area contributed by atoms with Gasteiger partial charge in [0.1, 0.15) is 0 Å². The van der Waals surface area contributed by atoms with Crippen LogP contribution in [-0.4, -0.2) is 13.0 Å². The van der Waals surface area contributed by atoms with Crippen LogP contribution in [-0.2, 0) is 4.74 Å². The summed E-state index contributed by atoms with van der Waals surface area (Å²) in [6.45, 7) is 8.74. The number of methoxy groups -OCH3 is 1. The first-order valence-electron chi connectivity index (χ1n) is 5.63. The van der Waals surface area contributed by atoms with E-state index in [1.54, 1.807) is 7.11 Å². The number of ether oxygens (including phenoxy) is 1. The van der Waals surface area contributed by atoms with E-state index >= 15 is 0 Å². The lowest BCUT2D eigenvalue weighted by molar-refractivity contribution is 0.393. The zero-order valence-electron chi connectivity index (χ0n) is 11.1. The maximum atomic E-state index is 5.16. The number of rotatable bonds is 4. The van der Waals surface area contributed by atoms with Crippen molar-refractivity contribution in [3.05, 3.63) is 23.8 Å². The van der Waals surface area contributed by atoms with E-state index in [4.69, 9.17) is 10.6 Å². The van der Waals surface area contributed by atoms with Gasteiger partial charge in [0.2, 0.25) is 5.90 Å². The van der Waals surface area contributed by atoms with Crippen LogP contribution < -0.4 is 5.84 Å². The first kappa shape index (κ1) is 14.8. The topological polar surface area (TPSA) is 47.6 Å². The molecule has 0 aliphatic heterocycles. The molecule has 0 amide bonds. The highest BCUT2D eigenvalue weighted by atomic mass is 16.5. The van der Waals surface area contributed by atoms with Crippen LogP contribution in [0.4, 0.5) is 0 Å². The van der Waals surface area contributed by atoms with Gasteiger partial charge in [-0.15, -0.1) is 5.10 Å². The largest absolute Gasteiger partial charge is 0.483 e. The fourth-order valence-electron chi connectivity index (χ4n) is 1.32. The molecule has 0 aromatic rings. The quantitative estimate of drug-likeness (QED) is 0.262. The van der Waals surface area contributed by atoms with Crippen LogP contribution in [0.25, 0.3) is 0 Å². The van der Waals surface area contributed by atoms with Crippen LogP contribution in [0.15, 0.2) is 28.9 Å². The van der Waals surface area contributed by atoms with E-state index in [9.17, 15) is 0 Å². The van der Waals surface area contributed by atoms with E-state index in [0.717, 1.165) is 6.42 Å². The highest BCUT2D eigenvalue weighted by Crippen LogP contribution is 2.26. The third-order valence-electron chi connectivity index (χ3n) is 2.26. The highest BCUT2D eigenvalue weighted by molar-refractivity contribution is 5.77. The second-order valence-electron chi connectivity index (χ2n) is 4.65. The van der Waals surface area contributed by atoms with Gasteiger partial charge in [0, 0.05) is 6.42 Å². The Bertz CT molecular complexity index is 283. The molecule has 0 saturated heterocycles. The Kier molecular flexibility index (Phi) is 6.54. The lowest BCUT2D eigenvalue weighted by atomic mass is 9.85. The van der Waals surface area contributed by atoms with Gasteiger partial charge in [-0.2, -0.15) is 0 Å². The second kappa shape index (κ2) is 7.09. The van der Waals surface area contributed by atoms with Crippen molar-refractivity contribution in [2.24, 2.45) is 16.4 Å². The average Bonchev–Trinajstić information content (AvgIpc) is 2.21. The molecule has 0 aliphatic carbocycles. The molecule has 0 fully saturated rings. The fraction of sp³-hybridized carbons (Fsp3) is 0.615. The minimum Gasteiger partial charge on any atom is -0.483 e. The van der Waals surface area contributed by atoms with Gasteiger partial charge in [0.25, 0.3) is 0 Å². The molecule has 92 valence electrons. The molecule has 0 aromatic carbocycles. The number of hydrogen-bond acceptors (Lipinski definition) is 3. The molecule has 0 aromatic heterocycles. The van der Waals surface area contributed by atoms with Crippen molar-refractivity contribution in [3.63, 3.8) is 0 Å². The van der Waals surface area contributed by atoms with Gasteiger partial charge >= 0.3 is 0 Å². The van der Waals surface area contributed by atoms with E-state index in [1.807, 2.05) is 6.08 Å². The molecule has 0 spiro atoms. The first-order chi connectivity index (χ1) is 7.45. The Balaban J connectivity index is 4.55. The van der Waals surface area contributed by atoms with Crippen LogP contribution >= 0.6 is 0 Å². The maximum absolute atomic E-state index is 5.16. The molecule has 3 heteroatoms. The minimum absolute atomic E-state index is 0.166. The Hall–Kier alpha value is -1.25. The van der Waals surface area contributed by atoms with E-state index in [-0.39, 0.29) is 5.41 Å². The van der Waals surface area contributed by atoms with Gasteiger partial charge in [0.15, 0.2) is 0 Å². The van der Waals surface area contributed by atoms with Crippen LogP contribution in [0.5, 0.6) is 0 Å². The molecule has 0 radical (unpaired) electrons. The van der Waals surface area contributed by atoms with Crippen molar-refractivity contribution < 1.29 is 4.74 Å². The lowest BCUT2D eigenvalue weighted by Crippen LogP contribution is -2.08. The zero-order chi connectivity index (χ0) is 12.6. The van der Waals surface area contributed by atoms with Crippen molar-refractivity contribution in [3.8, 4) is 0 Å². The SMILES string of the molecule is CC/C=C(\C=C/C/C(=N/N)OC)C(C)(C)C. The van der Waals surface area contributed by atoms with Gasteiger partial charge in [0.05, 0.1) is 7.11 Å². The predicted octanol–water partition coefficient (Wildman–Crippen LogP) is 3.23. The Morgan fingerprint density at radius 3 is 2.38 bits per heavy atom. The van der Waals surface area contributed by atoms with Gasteiger partial charge in [-0.3, -0.25) is 0 Å². The molecule has 0 atom stereocenters. The summed E-state index contributed by atoms with van der Waals surface area (Å²) < 4.78 is 4.98. The average molecular weight is 224 g/mol. The van der Waals surface area contributed by atoms with Crippen molar-refractivity contribution in [2.75, 3.05) is 7.11 Å². The zero-order valence-corrected chi connectivity index (χ0v) is 11.1. The molecule has 16 heavy (non-hydrogen) atoms. The molecule has 0 aliphatic rings. The Morgan fingerprint density at radius 1 is 1.38 bits per heavy atom. The second-order valence-corrected chi connectivity index (χ2v) is 4.65. The summed E-state index contributed by atoms with van der Waals surface area (Å²) in [5.41, 5.74) is 1.49. The monoisotopic (exact) mass is 224 g/mol. The summed E-state index contributed by atoms with van der Waals surface area (Å²) in [7, 11) is 1.58. The van der Waals surface area contributed by atoms with Crippen molar-refractivity contribution >= 4 is 5.90 Å². The van der Waals surface area contributed by atoms with Crippen molar-refractivity contribution in [1.29, 1.82) is 0 Å². The van der Waals surface area contributed by atoms with E-state index in [0.29, 0.717) is 12.3 Å². The van der Waals surface area contributed by atoms with Gasteiger partial charge in [-0.05, 0) is 17.4 Å². The summed E-state index contributed by atoms with van der Waals surface area (Å²) in [6.07, 6.45) is 8.06. The molecule has 0 rings (SSSR count). The molecule has 2 N–H and O–H groups in total. The number of nitrogens with zero attached hydrogens (tertiary/aromatic N) is 1. The number of hydrazone groups is 1. The number of allylic oxidation sites excluding steroid dienone is 3. The smallest absolute Gasteiger partial charge is 0.209 e. The molecule has 0 bridgehead atoms. The maximum Gasteiger partial charge on any atom is 0.209 e. The van der Waals surface area contributed by atoms with Crippen LogP contribution in [0.2, 0.25) is 0 Å². The Morgan fingerprint density at radius 2 is 2.00 bits per heavy atom. The third-order valence-corrected chi connectivity index (χ3v) is 2.26. The molecular weight excluding hydrogens is 200 g/mol.